The Bertz CT molecular complexity index is 583. The van der Waals surface area contributed by atoms with Crippen molar-refractivity contribution in [3.63, 3.8) is 0 Å². The molecule has 2 aromatic rings. The number of halogens is 6. The number of rotatable bonds is 2. The first kappa shape index (κ1) is 15.2. The van der Waals surface area contributed by atoms with E-state index in [4.69, 9.17) is 4.74 Å². The lowest BCUT2D eigenvalue weighted by Gasteiger charge is -2.14. The van der Waals surface area contributed by atoms with E-state index in [0.29, 0.717) is 12.1 Å². The number of benzene rings is 2. The number of alkyl halides is 6. The molecule has 0 aromatic heterocycles. The number of hydrogen-bond donors (Lipinski definition) is 0. The average molecular weight is 306 g/mol. The van der Waals surface area contributed by atoms with Gasteiger partial charge in [-0.3, -0.25) is 0 Å². The molecule has 0 radical (unpaired) electrons. The first-order valence-corrected chi connectivity index (χ1v) is 5.68. The highest BCUT2D eigenvalue weighted by Crippen LogP contribution is 2.39. The van der Waals surface area contributed by atoms with Gasteiger partial charge in [0.2, 0.25) is 0 Å². The standard InChI is InChI=1S/C14H8F6O/c15-13(16,17)9-6-10(14(18,19)20)8-12(7-9)21-11-4-2-1-3-5-11/h1-8H. The molecule has 7 heteroatoms. The second-order valence-electron chi connectivity index (χ2n) is 4.16. The Morgan fingerprint density at radius 3 is 1.52 bits per heavy atom. The third-order valence-electron chi connectivity index (χ3n) is 2.54. The lowest BCUT2D eigenvalue weighted by molar-refractivity contribution is -0.143. The predicted molar refractivity (Wildman–Crippen MR) is 63.0 cm³/mol. The Kier molecular flexibility index (Phi) is 3.85. The van der Waals surface area contributed by atoms with Crippen molar-refractivity contribution in [1.29, 1.82) is 0 Å². The zero-order valence-electron chi connectivity index (χ0n) is 10.3. The lowest BCUT2D eigenvalue weighted by atomic mass is 10.1. The van der Waals surface area contributed by atoms with Crippen molar-refractivity contribution < 1.29 is 31.1 Å². The van der Waals surface area contributed by atoms with Gasteiger partial charge >= 0.3 is 12.4 Å². The summed E-state index contributed by atoms with van der Waals surface area (Å²) in [4.78, 5) is 0. The molecule has 0 aliphatic rings. The summed E-state index contributed by atoms with van der Waals surface area (Å²) in [6.07, 6.45) is -9.79. The third kappa shape index (κ3) is 3.90. The highest BCUT2D eigenvalue weighted by atomic mass is 19.4. The molecule has 2 aromatic carbocycles. The molecule has 0 heterocycles. The maximum atomic E-state index is 12.7. The maximum absolute atomic E-state index is 12.7. The molecule has 0 spiro atoms. The van der Waals surface area contributed by atoms with Crippen LogP contribution in [0.3, 0.4) is 0 Å². The quantitative estimate of drug-likeness (QED) is 0.664. The molecule has 0 saturated carbocycles. The minimum absolute atomic E-state index is 0.0534. The van der Waals surface area contributed by atoms with E-state index in [2.05, 4.69) is 0 Å². The van der Waals surface area contributed by atoms with E-state index in [0.717, 1.165) is 0 Å². The van der Waals surface area contributed by atoms with Crippen LogP contribution < -0.4 is 4.74 Å². The monoisotopic (exact) mass is 306 g/mol. The molecule has 0 unspecified atom stereocenters. The fraction of sp³-hybridized carbons (Fsp3) is 0.143. The molecule has 0 bridgehead atoms. The molecule has 2 rings (SSSR count). The van der Waals surface area contributed by atoms with Gasteiger partial charge in [-0.15, -0.1) is 0 Å². The average Bonchev–Trinajstić information content (AvgIpc) is 2.37. The van der Waals surface area contributed by atoms with E-state index in [9.17, 15) is 26.3 Å². The van der Waals surface area contributed by atoms with Gasteiger partial charge in [0, 0.05) is 0 Å². The molecular weight excluding hydrogens is 298 g/mol. The lowest BCUT2D eigenvalue weighted by Crippen LogP contribution is -2.11. The van der Waals surface area contributed by atoms with Crippen LogP contribution >= 0.6 is 0 Å². The topological polar surface area (TPSA) is 9.23 Å². The highest BCUT2D eigenvalue weighted by molar-refractivity contribution is 5.40. The first-order chi connectivity index (χ1) is 9.66. The van der Waals surface area contributed by atoms with E-state index in [1.807, 2.05) is 0 Å². The van der Waals surface area contributed by atoms with Crippen molar-refractivity contribution >= 4 is 0 Å². The van der Waals surface area contributed by atoms with Crippen LogP contribution in [0, 0.1) is 0 Å². The van der Waals surface area contributed by atoms with E-state index in [1.54, 1.807) is 18.2 Å². The maximum Gasteiger partial charge on any atom is 0.416 e. The second-order valence-corrected chi connectivity index (χ2v) is 4.16. The molecule has 0 fully saturated rings. The molecule has 112 valence electrons. The van der Waals surface area contributed by atoms with Gasteiger partial charge in [-0.25, -0.2) is 0 Å². The van der Waals surface area contributed by atoms with Crippen LogP contribution in [0.4, 0.5) is 26.3 Å². The number of ether oxygens (including phenoxy) is 1. The molecule has 21 heavy (non-hydrogen) atoms. The molecule has 0 N–H and O–H groups in total. The third-order valence-corrected chi connectivity index (χ3v) is 2.54. The molecule has 1 nitrogen and oxygen atoms in total. The van der Waals surface area contributed by atoms with E-state index in [-0.39, 0.29) is 11.8 Å². The Labute approximate surface area is 115 Å². The SMILES string of the molecule is FC(F)(F)c1cc(Oc2ccccc2)cc(C(F)(F)F)c1. The Morgan fingerprint density at radius 2 is 1.10 bits per heavy atom. The summed E-state index contributed by atoms with van der Waals surface area (Å²) in [7, 11) is 0. The minimum Gasteiger partial charge on any atom is -0.457 e. The number of para-hydroxylation sites is 1. The fourth-order valence-electron chi connectivity index (χ4n) is 1.61. The second kappa shape index (κ2) is 5.31. The van der Waals surface area contributed by atoms with Gasteiger partial charge in [0.05, 0.1) is 11.1 Å². The van der Waals surface area contributed by atoms with Crippen molar-refractivity contribution in [2.75, 3.05) is 0 Å². The van der Waals surface area contributed by atoms with Crippen LogP contribution in [-0.4, -0.2) is 0 Å². The summed E-state index contributed by atoms with van der Waals surface area (Å²) in [5.74, 6) is -0.381. The van der Waals surface area contributed by atoms with Gasteiger partial charge in [0.25, 0.3) is 0 Å². The first-order valence-electron chi connectivity index (χ1n) is 5.68. The van der Waals surface area contributed by atoms with E-state index < -0.39 is 29.2 Å². The van der Waals surface area contributed by atoms with Crippen molar-refractivity contribution in [2.45, 2.75) is 12.4 Å². The predicted octanol–water partition coefficient (Wildman–Crippen LogP) is 5.52. The normalized spacial score (nSPS) is 12.3. The van der Waals surface area contributed by atoms with Gasteiger partial charge in [0.1, 0.15) is 11.5 Å². The largest absolute Gasteiger partial charge is 0.457 e. The summed E-state index contributed by atoms with van der Waals surface area (Å²) in [6.45, 7) is 0. The molecule has 0 aliphatic carbocycles. The summed E-state index contributed by atoms with van der Waals surface area (Å²) in [5, 5.41) is 0. The smallest absolute Gasteiger partial charge is 0.416 e. The van der Waals surface area contributed by atoms with E-state index >= 15 is 0 Å². The zero-order valence-corrected chi connectivity index (χ0v) is 10.3. The highest BCUT2D eigenvalue weighted by Gasteiger charge is 2.37. The molecule has 0 saturated heterocycles. The van der Waals surface area contributed by atoms with Crippen LogP contribution in [0.1, 0.15) is 11.1 Å². The van der Waals surface area contributed by atoms with Crippen molar-refractivity contribution in [3.8, 4) is 11.5 Å². The minimum atomic E-state index is -4.89. The summed E-state index contributed by atoms with van der Waals surface area (Å²) in [6, 6.07) is 8.70. The zero-order chi connectivity index (χ0) is 15.7. The molecular formula is C14H8F6O. The molecule has 0 aliphatic heterocycles. The van der Waals surface area contributed by atoms with Crippen molar-refractivity contribution in [2.24, 2.45) is 0 Å². The molecule has 0 atom stereocenters. The van der Waals surface area contributed by atoms with Crippen molar-refractivity contribution in [1.82, 2.24) is 0 Å². The Morgan fingerprint density at radius 1 is 0.619 bits per heavy atom. The Hall–Kier alpha value is -2.18. The summed E-state index contributed by atoms with van der Waals surface area (Å²) in [5.41, 5.74) is -2.83. The fourth-order valence-corrected chi connectivity index (χ4v) is 1.61. The number of hydrogen-bond acceptors (Lipinski definition) is 1. The van der Waals surface area contributed by atoms with Crippen LogP contribution in [0.2, 0.25) is 0 Å². The van der Waals surface area contributed by atoms with Crippen LogP contribution in [0.15, 0.2) is 48.5 Å². The van der Waals surface area contributed by atoms with Crippen LogP contribution in [0.25, 0.3) is 0 Å². The van der Waals surface area contributed by atoms with Gasteiger partial charge in [-0.05, 0) is 30.3 Å². The molecule has 0 amide bonds. The van der Waals surface area contributed by atoms with Crippen LogP contribution in [-0.2, 0) is 12.4 Å². The Balaban J connectivity index is 2.45. The summed E-state index contributed by atoms with van der Waals surface area (Å²) >= 11 is 0. The van der Waals surface area contributed by atoms with Crippen LogP contribution in [0.5, 0.6) is 11.5 Å². The van der Waals surface area contributed by atoms with Gasteiger partial charge in [-0.2, -0.15) is 26.3 Å². The van der Waals surface area contributed by atoms with Gasteiger partial charge in [0.15, 0.2) is 0 Å². The summed E-state index contributed by atoms with van der Waals surface area (Å²) < 4.78 is 81.0. The van der Waals surface area contributed by atoms with E-state index in [1.165, 1.54) is 12.1 Å². The van der Waals surface area contributed by atoms with Gasteiger partial charge < -0.3 is 4.74 Å². The van der Waals surface area contributed by atoms with Crippen molar-refractivity contribution in [3.05, 3.63) is 59.7 Å². The van der Waals surface area contributed by atoms with Gasteiger partial charge in [-0.1, -0.05) is 18.2 Å².